The molecule has 0 radical (unpaired) electrons. The van der Waals surface area contributed by atoms with Crippen molar-refractivity contribution in [2.24, 2.45) is 0 Å². The van der Waals surface area contributed by atoms with E-state index in [-0.39, 0.29) is 0 Å². The third-order valence-corrected chi connectivity index (χ3v) is 3.37. The molecule has 1 aromatic rings. The maximum atomic E-state index is 11.5. The van der Waals surface area contributed by atoms with Gasteiger partial charge in [0.25, 0.3) is 0 Å². The first-order valence-corrected chi connectivity index (χ1v) is 6.21. The van der Waals surface area contributed by atoms with E-state index in [9.17, 15) is 14.7 Å². The lowest BCUT2D eigenvalue weighted by Crippen LogP contribution is -2.33. The molecule has 1 aromatic carbocycles. The monoisotopic (exact) mass is 247 g/mol. The van der Waals surface area contributed by atoms with Gasteiger partial charge in [0.2, 0.25) is 6.41 Å². The Hall–Kier alpha value is -1.84. The number of hydrogen-bond acceptors (Lipinski definition) is 2. The fourth-order valence-electron chi connectivity index (χ4n) is 2.30. The SMILES string of the molecule is CCN(C=O)C(C(=O)O)c1ccccc1C1CC1. The smallest absolute Gasteiger partial charge is 0.331 e. The second-order valence-electron chi connectivity index (χ2n) is 4.58. The molecule has 1 N–H and O–H groups in total. The molecule has 0 bridgehead atoms. The molecule has 1 atom stereocenters. The van der Waals surface area contributed by atoms with E-state index in [0.717, 1.165) is 24.0 Å². The maximum absolute atomic E-state index is 11.5. The van der Waals surface area contributed by atoms with E-state index in [1.807, 2.05) is 24.3 Å². The van der Waals surface area contributed by atoms with Gasteiger partial charge in [0, 0.05) is 6.54 Å². The summed E-state index contributed by atoms with van der Waals surface area (Å²) in [5.41, 5.74) is 1.83. The number of benzene rings is 1. The Morgan fingerprint density at radius 2 is 2.17 bits per heavy atom. The predicted molar refractivity (Wildman–Crippen MR) is 67.2 cm³/mol. The molecule has 0 spiro atoms. The number of carboxylic acids is 1. The Morgan fingerprint density at radius 1 is 1.50 bits per heavy atom. The summed E-state index contributed by atoms with van der Waals surface area (Å²) in [4.78, 5) is 23.8. The number of carboxylic acid groups (broad SMARTS) is 1. The molecule has 2 rings (SSSR count). The van der Waals surface area contributed by atoms with Crippen LogP contribution in [0.2, 0.25) is 0 Å². The van der Waals surface area contributed by atoms with Gasteiger partial charge in [0.1, 0.15) is 0 Å². The topological polar surface area (TPSA) is 57.6 Å². The molecule has 1 aliphatic carbocycles. The average Bonchev–Trinajstić information content (AvgIpc) is 3.19. The molecule has 96 valence electrons. The van der Waals surface area contributed by atoms with Gasteiger partial charge < -0.3 is 10.0 Å². The number of amides is 1. The summed E-state index contributed by atoms with van der Waals surface area (Å²) in [5.74, 6) is -0.509. The molecular formula is C14H17NO3. The highest BCUT2D eigenvalue weighted by molar-refractivity contribution is 5.79. The summed E-state index contributed by atoms with van der Waals surface area (Å²) < 4.78 is 0. The molecule has 1 saturated carbocycles. The quantitative estimate of drug-likeness (QED) is 0.784. The number of rotatable bonds is 6. The van der Waals surface area contributed by atoms with E-state index in [2.05, 4.69) is 0 Å². The molecule has 1 aliphatic rings. The molecule has 1 fully saturated rings. The van der Waals surface area contributed by atoms with E-state index >= 15 is 0 Å². The summed E-state index contributed by atoms with van der Waals surface area (Å²) in [6.45, 7) is 2.17. The van der Waals surface area contributed by atoms with Gasteiger partial charge in [0.15, 0.2) is 6.04 Å². The number of likely N-dealkylation sites (N-methyl/N-ethyl adjacent to an activating group) is 1. The van der Waals surface area contributed by atoms with Crippen LogP contribution < -0.4 is 0 Å². The average molecular weight is 247 g/mol. The first kappa shape index (κ1) is 12.6. The van der Waals surface area contributed by atoms with Gasteiger partial charge in [-0.25, -0.2) is 4.79 Å². The third-order valence-electron chi connectivity index (χ3n) is 3.37. The minimum Gasteiger partial charge on any atom is -0.479 e. The van der Waals surface area contributed by atoms with Crippen molar-refractivity contribution >= 4 is 12.4 Å². The maximum Gasteiger partial charge on any atom is 0.331 e. The molecular weight excluding hydrogens is 230 g/mol. The summed E-state index contributed by atoms with van der Waals surface area (Å²) in [7, 11) is 0. The molecule has 0 aliphatic heterocycles. The van der Waals surface area contributed by atoms with Crippen LogP contribution in [0, 0.1) is 0 Å². The summed E-state index contributed by atoms with van der Waals surface area (Å²) >= 11 is 0. The lowest BCUT2D eigenvalue weighted by atomic mass is 9.96. The molecule has 1 unspecified atom stereocenters. The Labute approximate surface area is 106 Å². The Kier molecular flexibility index (Phi) is 3.65. The van der Waals surface area contributed by atoms with Gasteiger partial charge >= 0.3 is 5.97 Å². The highest BCUT2D eigenvalue weighted by Crippen LogP contribution is 2.43. The highest BCUT2D eigenvalue weighted by atomic mass is 16.4. The second-order valence-corrected chi connectivity index (χ2v) is 4.58. The van der Waals surface area contributed by atoms with Crippen molar-refractivity contribution in [1.29, 1.82) is 0 Å². The normalized spacial score (nSPS) is 16.1. The van der Waals surface area contributed by atoms with E-state index in [1.165, 1.54) is 4.90 Å². The first-order valence-electron chi connectivity index (χ1n) is 6.21. The minimum atomic E-state index is -0.975. The summed E-state index contributed by atoms with van der Waals surface area (Å²) in [6, 6.07) is 6.67. The van der Waals surface area contributed by atoms with Crippen LogP contribution in [-0.4, -0.2) is 28.9 Å². The van der Waals surface area contributed by atoms with E-state index in [1.54, 1.807) is 6.92 Å². The lowest BCUT2D eigenvalue weighted by molar-refractivity contribution is -0.146. The number of nitrogens with zero attached hydrogens (tertiary/aromatic N) is 1. The van der Waals surface area contributed by atoms with Gasteiger partial charge in [-0.2, -0.15) is 0 Å². The van der Waals surface area contributed by atoms with Crippen LogP contribution >= 0.6 is 0 Å². The van der Waals surface area contributed by atoms with Crippen molar-refractivity contribution in [3.8, 4) is 0 Å². The van der Waals surface area contributed by atoms with Crippen molar-refractivity contribution in [3.63, 3.8) is 0 Å². The van der Waals surface area contributed by atoms with E-state index in [4.69, 9.17) is 0 Å². The third kappa shape index (κ3) is 2.37. The standard InChI is InChI=1S/C14H17NO3/c1-2-15(9-16)13(14(17)18)12-6-4-3-5-11(12)10-7-8-10/h3-6,9-10,13H,2,7-8H2,1H3,(H,17,18). The molecule has 18 heavy (non-hydrogen) atoms. The zero-order valence-corrected chi connectivity index (χ0v) is 10.4. The van der Waals surface area contributed by atoms with Crippen LogP contribution in [0.1, 0.15) is 42.9 Å². The summed E-state index contributed by atoms with van der Waals surface area (Å²) in [6.07, 6.45) is 2.83. The summed E-state index contributed by atoms with van der Waals surface area (Å²) in [5, 5.41) is 9.39. The number of carbonyl (C=O) groups is 2. The molecule has 1 amide bonds. The molecule has 0 aromatic heterocycles. The van der Waals surface area contributed by atoms with Crippen LogP contribution in [-0.2, 0) is 9.59 Å². The molecule has 0 heterocycles. The number of aliphatic carboxylic acids is 1. The van der Waals surface area contributed by atoms with Gasteiger partial charge in [-0.3, -0.25) is 4.79 Å². The van der Waals surface area contributed by atoms with Crippen molar-refractivity contribution in [1.82, 2.24) is 4.90 Å². The predicted octanol–water partition coefficient (Wildman–Crippen LogP) is 2.17. The molecule has 4 nitrogen and oxygen atoms in total. The van der Waals surface area contributed by atoms with Gasteiger partial charge in [-0.1, -0.05) is 24.3 Å². The van der Waals surface area contributed by atoms with Crippen LogP contribution in [0.3, 0.4) is 0 Å². The van der Waals surface area contributed by atoms with E-state index < -0.39 is 12.0 Å². The largest absolute Gasteiger partial charge is 0.479 e. The fourth-order valence-corrected chi connectivity index (χ4v) is 2.30. The molecule has 4 heteroatoms. The van der Waals surface area contributed by atoms with Crippen molar-refractivity contribution in [3.05, 3.63) is 35.4 Å². The van der Waals surface area contributed by atoms with Crippen LogP contribution in [0.5, 0.6) is 0 Å². The van der Waals surface area contributed by atoms with Gasteiger partial charge in [0.05, 0.1) is 0 Å². The molecule has 0 saturated heterocycles. The van der Waals surface area contributed by atoms with Crippen LogP contribution in [0.25, 0.3) is 0 Å². The zero-order valence-electron chi connectivity index (χ0n) is 10.4. The Balaban J connectivity index is 2.41. The fraction of sp³-hybridized carbons (Fsp3) is 0.429. The second kappa shape index (κ2) is 5.21. The van der Waals surface area contributed by atoms with Gasteiger partial charge in [-0.15, -0.1) is 0 Å². The van der Waals surface area contributed by atoms with Crippen molar-refractivity contribution in [2.45, 2.75) is 31.7 Å². The van der Waals surface area contributed by atoms with Gasteiger partial charge in [-0.05, 0) is 36.8 Å². The Bertz CT molecular complexity index is 454. The first-order chi connectivity index (χ1) is 8.69. The van der Waals surface area contributed by atoms with Crippen molar-refractivity contribution < 1.29 is 14.7 Å². The lowest BCUT2D eigenvalue weighted by Gasteiger charge is -2.25. The van der Waals surface area contributed by atoms with E-state index in [0.29, 0.717) is 18.9 Å². The van der Waals surface area contributed by atoms with Crippen molar-refractivity contribution in [2.75, 3.05) is 6.54 Å². The highest BCUT2D eigenvalue weighted by Gasteiger charge is 2.33. The van der Waals surface area contributed by atoms with Crippen LogP contribution in [0.15, 0.2) is 24.3 Å². The minimum absolute atomic E-state index is 0.388. The number of hydrogen-bond donors (Lipinski definition) is 1. The Morgan fingerprint density at radius 3 is 2.67 bits per heavy atom. The number of carbonyl (C=O) groups excluding carboxylic acids is 1. The van der Waals surface area contributed by atoms with Crippen LogP contribution in [0.4, 0.5) is 0 Å². The zero-order chi connectivity index (χ0) is 13.1.